The van der Waals surface area contributed by atoms with Crippen LogP contribution in [0.5, 0.6) is 0 Å². The number of aromatic nitrogens is 2. The Bertz CT molecular complexity index is 341. The van der Waals surface area contributed by atoms with Gasteiger partial charge in [-0.1, -0.05) is 0 Å². The summed E-state index contributed by atoms with van der Waals surface area (Å²) < 4.78 is 0. The van der Waals surface area contributed by atoms with Crippen molar-refractivity contribution in [2.24, 2.45) is 0 Å². The van der Waals surface area contributed by atoms with Crippen LogP contribution in [-0.4, -0.2) is 23.1 Å². The molecule has 0 saturated heterocycles. The summed E-state index contributed by atoms with van der Waals surface area (Å²) in [5.74, 6) is 0. The van der Waals surface area contributed by atoms with E-state index in [0.29, 0.717) is 0 Å². The van der Waals surface area contributed by atoms with E-state index in [0.717, 1.165) is 13.1 Å². The van der Waals surface area contributed by atoms with E-state index in [1.165, 1.54) is 11.1 Å². The SMILES string of the molecule is [NH3+]CC[NH3+].[Na+].c1cc(-c2ccncc2)ccn1. The molecular formula is C12H18N4Na+3. The second-order valence-electron chi connectivity index (χ2n) is 3.18. The maximum absolute atomic E-state index is 3.96. The van der Waals surface area contributed by atoms with Gasteiger partial charge in [0.1, 0.15) is 13.1 Å². The van der Waals surface area contributed by atoms with Crippen molar-refractivity contribution in [1.82, 2.24) is 9.97 Å². The van der Waals surface area contributed by atoms with Gasteiger partial charge in [0, 0.05) is 24.8 Å². The van der Waals surface area contributed by atoms with Crippen molar-refractivity contribution in [2.45, 2.75) is 0 Å². The molecule has 0 unspecified atom stereocenters. The molecule has 0 radical (unpaired) electrons. The molecule has 0 saturated carbocycles. The van der Waals surface area contributed by atoms with E-state index in [9.17, 15) is 0 Å². The number of pyridine rings is 2. The third kappa shape index (κ3) is 6.51. The largest absolute Gasteiger partial charge is 1.00 e. The first kappa shape index (κ1) is 16.2. The average Bonchev–Trinajstić information content (AvgIpc) is 2.41. The third-order valence-corrected chi connectivity index (χ3v) is 1.94. The Morgan fingerprint density at radius 3 is 1.24 bits per heavy atom. The van der Waals surface area contributed by atoms with E-state index in [1.807, 2.05) is 24.3 Å². The summed E-state index contributed by atoms with van der Waals surface area (Å²) in [5.41, 5.74) is 9.43. The van der Waals surface area contributed by atoms with E-state index < -0.39 is 0 Å². The van der Waals surface area contributed by atoms with Crippen molar-refractivity contribution in [3.63, 3.8) is 0 Å². The van der Waals surface area contributed by atoms with Gasteiger partial charge in [-0.15, -0.1) is 0 Å². The van der Waals surface area contributed by atoms with Gasteiger partial charge in [0.05, 0.1) is 0 Å². The molecular weight excluding hydrogens is 223 g/mol. The molecule has 0 fully saturated rings. The summed E-state index contributed by atoms with van der Waals surface area (Å²) in [6.07, 6.45) is 7.15. The van der Waals surface area contributed by atoms with Crippen molar-refractivity contribution in [3.8, 4) is 11.1 Å². The van der Waals surface area contributed by atoms with Crippen LogP contribution < -0.4 is 41.0 Å². The normalized spacial score (nSPS) is 8.59. The predicted molar refractivity (Wildman–Crippen MR) is 63.0 cm³/mol. The topological polar surface area (TPSA) is 81.1 Å². The Kier molecular flexibility index (Phi) is 9.90. The third-order valence-electron chi connectivity index (χ3n) is 1.94. The molecule has 0 aromatic carbocycles. The van der Waals surface area contributed by atoms with Crippen molar-refractivity contribution >= 4 is 0 Å². The quantitative estimate of drug-likeness (QED) is 0.538. The molecule has 6 N–H and O–H groups in total. The zero-order chi connectivity index (χ0) is 11.6. The molecule has 0 spiro atoms. The summed E-state index contributed by atoms with van der Waals surface area (Å²) in [7, 11) is 0. The van der Waals surface area contributed by atoms with Gasteiger partial charge in [0.25, 0.3) is 0 Å². The second-order valence-corrected chi connectivity index (χ2v) is 3.18. The summed E-state index contributed by atoms with van der Waals surface area (Å²) in [6.45, 7) is 1.92. The molecule has 4 nitrogen and oxygen atoms in total. The fourth-order valence-electron chi connectivity index (χ4n) is 1.09. The molecule has 5 heteroatoms. The Morgan fingerprint density at radius 2 is 1.00 bits per heavy atom. The minimum absolute atomic E-state index is 0. The maximum atomic E-state index is 3.96. The molecule has 0 aliphatic carbocycles. The molecule has 0 atom stereocenters. The summed E-state index contributed by atoms with van der Waals surface area (Å²) >= 11 is 0. The Labute approximate surface area is 124 Å². The molecule has 17 heavy (non-hydrogen) atoms. The molecule has 0 amide bonds. The maximum Gasteiger partial charge on any atom is 1.00 e. The van der Waals surface area contributed by atoms with Gasteiger partial charge >= 0.3 is 29.6 Å². The van der Waals surface area contributed by atoms with Crippen LogP contribution >= 0.6 is 0 Å². The number of hydrogen-bond donors (Lipinski definition) is 2. The molecule has 2 rings (SSSR count). The number of hydrogen-bond acceptors (Lipinski definition) is 2. The van der Waals surface area contributed by atoms with Crippen LogP contribution in [0.25, 0.3) is 11.1 Å². The van der Waals surface area contributed by atoms with E-state index in [2.05, 4.69) is 21.4 Å². The van der Waals surface area contributed by atoms with Crippen LogP contribution in [-0.2, 0) is 0 Å². The van der Waals surface area contributed by atoms with Crippen molar-refractivity contribution in [2.75, 3.05) is 13.1 Å². The fraction of sp³-hybridized carbons (Fsp3) is 0.167. The molecule has 2 aromatic heterocycles. The average molecular weight is 241 g/mol. The van der Waals surface area contributed by atoms with Crippen LogP contribution in [0.3, 0.4) is 0 Å². The zero-order valence-corrected chi connectivity index (χ0v) is 12.3. The van der Waals surface area contributed by atoms with Crippen LogP contribution in [0.2, 0.25) is 0 Å². The Hall–Kier alpha value is -0.780. The molecule has 84 valence electrons. The second kappa shape index (κ2) is 10.4. The van der Waals surface area contributed by atoms with Crippen molar-refractivity contribution in [1.29, 1.82) is 0 Å². The zero-order valence-electron chi connectivity index (χ0n) is 10.3. The van der Waals surface area contributed by atoms with Crippen LogP contribution in [0.1, 0.15) is 0 Å². The van der Waals surface area contributed by atoms with Crippen molar-refractivity contribution in [3.05, 3.63) is 49.1 Å². The minimum Gasteiger partial charge on any atom is -0.353 e. The number of rotatable bonds is 2. The van der Waals surface area contributed by atoms with E-state index in [-0.39, 0.29) is 29.6 Å². The van der Waals surface area contributed by atoms with Gasteiger partial charge < -0.3 is 11.5 Å². The van der Waals surface area contributed by atoms with E-state index >= 15 is 0 Å². The van der Waals surface area contributed by atoms with Gasteiger partial charge in [0.15, 0.2) is 0 Å². The first-order valence-electron chi connectivity index (χ1n) is 5.27. The molecule has 2 heterocycles. The summed E-state index contributed by atoms with van der Waals surface area (Å²) in [6, 6.07) is 7.93. The number of quaternary nitrogens is 2. The predicted octanol–water partition coefficient (Wildman–Crippen LogP) is -3.38. The Morgan fingerprint density at radius 1 is 0.706 bits per heavy atom. The number of nitrogens with zero attached hydrogens (tertiary/aromatic N) is 2. The van der Waals surface area contributed by atoms with E-state index in [1.54, 1.807) is 24.8 Å². The minimum atomic E-state index is 0. The first-order valence-corrected chi connectivity index (χ1v) is 5.27. The smallest absolute Gasteiger partial charge is 0.353 e. The van der Waals surface area contributed by atoms with Gasteiger partial charge in [-0.2, -0.15) is 0 Å². The van der Waals surface area contributed by atoms with Crippen LogP contribution in [0, 0.1) is 0 Å². The van der Waals surface area contributed by atoms with E-state index in [4.69, 9.17) is 0 Å². The van der Waals surface area contributed by atoms with Gasteiger partial charge in [0.2, 0.25) is 0 Å². The Balaban J connectivity index is 0.000000453. The molecule has 2 aromatic rings. The first-order chi connectivity index (χ1) is 7.88. The standard InChI is InChI=1S/C10H8N2.C2H8N2.Na/c1-5-11-6-2-9(1)10-3-7-12-8-4-10;3-1-2-4;/h1-8H;1-4H2;/q;;+1/p+2. The molecule has 0 aliphatic heterocycles. The van der Waals surface area contributed by atoms with Crippen molar-refractivity contribution < 1.29 is 41.0 Å². The van der Waals surface area contributed by atoms with Gasteiger partial charge in [-0.25, -0.2) is 0 Å². The summed E-state index contributed by atoms with van der Waals surface area (Å²) in [5, 5.41) is 0. The summed E-state index contributed by atoms with van der Waals surface area (Å²) in [4.78, 5) is 7.91. The van der Waals surface area contributed by atoms with Crippen LogP contribution in [0.15, 0.2) is 49.1 Å². The van der Waals surface area contributed by atoms with Gasteiger partial charge in [-0.3, -0.25) is 9.97 Å². The molecule has 0 bridgehead atoms. The van der Waals surface area contributed by atoms with Crippen LogP contribution in [0.4, 0.5) is 0 Å². The van der Waals surface area contributed by atoms with Gasteiger partial charge in [-0.05, 0) is 35.4 Å². The monoisotopic (exact) mass is 241 g/mol. The fourth-order valence-corrected chi connectivity index (χ4v) is 1.09. The molecule has 0 aliphatic rings.